The first-order valence-electron chi connectivity index (χ1n) is 8.06. The van der Waals surface area contributed by atoms with E-state index < -0.39 is 6.03 Å². The monoisotopic (exact) mass is 318 g/mol. The molecule has 0 aromatic heterocycles. The molecule has 0 spiro atoms. The number of nitrogens with one attached hydrogen (secondary N) is 3. The molecule has 1 saturated heterocycles. The number of carbonyl (C=O) groups excluding carboxylic acids is 2. The Morgan fingerprint density at radius 2 is 2.09 bits per heavy atom. The summed E-state index contributed by atoms with van der Waals surface area (Å²) in [4.78, 5) is 26.1. The van der Waals surface area contributed by atoms with Gasteiger partial charge in [0.2, 0.25) is 5.91 Å². The molecule has 1 unspecified atom stereocenters. The highest BCUT2D eigenvalue weighted by Gasteiger charge is 2.21. The first-order chi connectivity index (χ1) is 11.0. The van der Waals surface area contributed by atoms with Crippen molar-refractivity contribution in [2.24, 2.45) is 0 Å². The molecule has 1 atom stereocenters. The molecule has 0 radical (unpaired) electrons. The van der Waals surface area contributed by atoms with Crippen LogP contribution in [-0.4, -0.2) is 49.6 Å². The number of hydrogen-bond donors (Lipinski definition) is 3. The Morgan fingerprint density at radius 3 is 2.83 bits per heavy atom. The second kappa shape index (κ2) is 8.08. The fourth-order valence-electron chi connectivity index (χ4n) is 2.84. The van der Waals surface area contributed by atoms with Gasteiger partial charge in [-0.15, -0.1) is 0 Å². The van der Waals surface area contributed by atoms with Crippen molar-refractivity contribution in [2.75, 3.05) is 32.0 Å². The third kappa shape index (κ3) is 5.04. The Labute approximate surface area is 137 Å². The minimum absolute atomic E-state index is 0.248. The van der Waals surface area contributed by atoms with Gasteiger partial charge in [0, 0.05) is 18.3 Å². The molecule has 0 saturated carbocycles. The van der Waals surface area contributed by atoms with Crippen LogP contribution in [0.15, 0.2) is 18.2 Å². The van der Waals surface area contributed by atoms with E-state index in [0.717, 1.165) is 42.7 Å². The molecule has 1 aromatic carbocycles. The molecule has 3 amide bonds. The quantitative estimate of drug-likeness (QED) is 0.789. The van der Waals surface area contributed by atoms with Gasteiger partial charge in [0.15, 0.2) is 0 Å². The van der Waals surface area contributed by atoms with Crippen LogP contribution in [0.2, 0.25) is 0 Å². The van der Waals surface area contributed by atoms with Crippen LogP contribution in [0.25, 0.3) is 0 Å². The van der Waals surface area contributed by atoms with Gasteiger partial charge in [-0.1, -0.05) is 12.1 Å². The van der Waals surface area contributed by atoms with Crippen molar-refractivity contribution in [3.8, 4) is 0 Å². The molecule has 23 heavy (non-hydrogen) atoms. The molecule has 1 aromatic rings. The van der Waals surface area contributed by atoms with Crippen molar-refractivity contribution in [3.63, 3.8) is 0 Å². The number of rotatable bonds is 4. The Hall–Kier alpha value is -1.92. The molecular weight excluding hydrogens is 292 g/mol. The average Bonchev–Trinajstić information content (AvgIpc) is 2.51. The van der Waals surface area contributed by atoms with Crippen LogP contribution in [0, 0.1) is 13.8 Å². The number of imide groups is 1. The predicted molar refractivity (Wildman–Crippen MR) is 91.6 cm³/mol. The summed E-state index contributed by atoms with van der Waals surface area (Å²) in [5.74, 6) is -0.274. The van der Waals surface area contributed by atoms with Crippen molar-refractivity contribution in [3.05, 3.63) is 29.3 Å². The van der Waals surface area contributed by atoms with Crippen LogP contribution in [0.5, 0.6) is 0 Å². The van der Waals surface area contributed by atoms with Crippen LogP contribution in [0.4, 0.5) is 10.5 Å². The van der Waals surface area contributed by atoms with Crippen LogP contribution >= 0.6 is 0 Å². The highest BCUT2D eigenvalue weighted by molar-refractivity contribution is 6.02. The maximum atomic E-state index is 12.0. The molecule has 1 heterocycles. The number of piperidine rings is 1. The number of carbonyl (C=O) groups is 2. The summed E-state index contributed by atoms with van der Waals surface area (Å²) in [5.41, 5.74) is 2.83. The van der Waals surface area contributed by atoms with E-state index in [1.165, 1.54) is 0 Å². The van der Waals surface area contributed by atoms with E-state index in [1.54, 1.807) is 0 Å². The second-order valence-electron chi connectivity index (χ2n) is 6.11. The molecule has 6 heteroatoms. The van der Waals surface area contributed by atoms with Crippen molar-refractivity contribution in [2.45, 2.75) is 32.7 Å². The Balaban J connectivity index is 1.83. The molecule has 1 aliphatic rings. The van der Waals surface area contributed by atoms with Gasteiger partial charge in [0.1, 0.15) is 0 Å². The van der Waals surface area contributed by atoms with Crippen LogP contribution in [0.1, 0.15) is 24.0 Å². The molecule has 1 fully saturated rings. The van der Waals surface area contributed by atoms with Crippen LogP contribution in [0.3, 0.4) is 0 Å². The molecule has 2 rings (SSSR count). The van der Waals surface area contributed by atoms with Gasteiger partial charge in [0.25, 0.3) is 0 Å². The number of likely N-dealkylation sites (N-methyl/N-ethyl adjacent to an activating group) is 1. The standard InChI is InChI=1S/C17H26N4O2/c1-12-6-4-8-15(13(12)2)19-17(23)20-16(22)11-21-9-5-7-14(10-21)18-3/h4,6,8,14,18H,5,7,9-11H2,1-3H3,(H2,19,20,22,23). The van der Waals surface area contributed by atoms with Crippen molar-refractivity contribution in [1.82, 2.24) is 15.5 Å². The predicted octanol–water partition coefficient (Wildman–Crippen LogP) is 1.64. The number of benzene rings is 1. The Kier molecular flexibility index (Phi) is 6.12. The Bertz CT molecular complexity index is 574. The third-order valence-electron chi connectivity index (χ3n) is 4.39. The summed E-state index contributed by atoms with van der Waals surface area (Å²) in [5, 5.41) is 8.38. The molecule has 126 valence electrons. The van der Waals surface area contributed by atoms with E-state index in [-0.39, 0.29) is 12.5 Å². The van der Waals surface area contributed by atoms with E-state index >= 15 is 0 Å². The largest absolute Gasteiger partial charge is 0.325 e. The second-order valence-corrected chi connectivity index (χ2v) is 6.11. The maximum Gasteiger partial charge on any atom is 0.325 e. The van der Waals surface area contributed by atoms with Gasteiger partial charge < -0.3 is 10.6 Å². The molecule has 0 aliphatic carbocycles. The maximum absolute atomic E-state index is 12.0. The number of aryl methyl sites for hydroxylation is 1. The van der Waals surface area contributed by atoms with E-state index in [9.17, 15) is 9.59 Å². The van der Waals surface area contributed by atoms with E-state index in [4.69, 9.17) is 0 Å². The van der Waals surface area contributed by atoms with Gasteiger partial charge in [0.05, 0.1) is 6.54 Å². The summed E-state index contributed by atoms with van der Waals surface area (Å²) in [7, 11) is 1.94. The topological polar surface area (TPSA) is 73.5 Å². The minimum Gasteiger partial charge on any atom is -0.316 e. The lowest BCUT2D eigenvalue weighted by molar-refractivity contribution is -0.121. The van der Waals surface area contributed by atoms with Crippen molar-refractivity contribution in [1.29, 1.82) is 0 Å². The fraction of sp³-hybridized carbons (Fsp3) is 0.529. The summed E-state index contributed by atoms with van der Waals surface area (Å²) >= 11 is 0. The van der Waals surface area contributed by atoms with Crippen molar-refractivity contribution < 1.29 is 9.59 Å². The lowest BCUT2D eigenvalue weighted by Gasteiger charge is -2.31. The van der Waals surface area contributed by atoms with Crippen LogP contribution in [-0.2, 0) is 4.79 Å². The third-order valence-corrected chi connectivity index (χ3v) is 4.39. The zero-order valence-electron chi connectivity index (χ0n) is 14.1. The zero-order chi connectivity index (χ0) is 16.8. The van der Waals surface area contributed by atoms with Gasteiger partial charge in [-0.3, -0.25) is 15.0 Å². The molecule has 3 N–H and O–H groups in total. The number of hydrogen-bond acceptors (Lipinski definition) is 4. The summed E-state index contributed by atoms with van der Waals surface area (Å²) in [6, 6.07) is 5.63. The smallest absolute Gasteiger partial charge is 0.316 e. The van der Waals surface area contributed by atoms with Crippen LogP contribution < -0.4 is 16.0 Å². The summed E-state index contributed by atoms with van der Waals surface area (Å²) in [6.07, 6.45) is 2.19. The molecule has 0 bridgehead atoms. The fourth-order valence-corrected chi connectivity index (χ4v) is 2.84. The first-order valence-corrected chi connectivity index (χ1v) is 8.06. The summed E-state index contributed by atoms with van der Waals surface area (Å²) < 4.78 is 0. The Morgan fingerprint density at radius 1 is 1.30 bits per heavy atom. The van der Waals surface area contributed by atoms with Crippen molar-refractivity contribution >= 4 is 17.6 Å². The normalized spacial score (nSPS) is 18.5. The lowest BCUT2D eigenvalue weighted by Crippen LogP contribution is -2.49. The number of urea groups is 1. The molecule has 1 aliphatic heterocycles. The molecule has 6 nitrogen and oxygen atoms in total. The number of likely N-dealkylation sites (tertiary alicyclic amines) is 1. The van der Waals surface area contributed by atoms with Gasteiger partial charge in [-0.2, -0.15) is 0 Å². The lowest BCUT2D eigenvalue weighted by atomic mass is 10.1. The highest BCUT2D eigenvalue weighted by Crippen LogP contribution is 2.17. The highest BCUT2D eigenvalue weighted by atomic mass is 16.2. The zero-order valence-corrected chi connectivity index (χ0v) is 14.1. The SMILES string of the molecule is CNC1CCCN(CC(=O)NC(=O)Nc2cccc(C)c2C)C1. The van der Waals surface area contributed by atoms with Gasteiger partial charge in [-0.05, 0) is 57.5 Å². The first kappa shape index (κ1) is 17.4. The van der Waals surface area contributed by atoms with Gasteiger partial charge >= 0.3 is 6.03 Å². The number of amides is 3. The number of anilines is 1. The number of nitrogens with zero attached hydrogens (tertiary/aromatic N) is 1. The average molecular weight is 318 g/mol. The molecular formula is C17H26N4O2. The summed E-state index contributed by atoms with van der Waals surface area (Å²) in [6.45, 7) is 5.90. The van der Waals surface area contributed by atoms with Gasteiger partial charge in [-0.25, -0.2) is 4.79 Å². The van der Waals surface area contributed by atoms with E-state index in [2.05, 4.69) is 20.9 Å². The van der Waals surface area contributed by atoms with E-state index in [0.29, 0.717) is 6.04 Å². The van der Waals surface area contributed by atoms with E-state index in [1.807, 2.05) is 39.1 Å². The minimum atomic E-state index is -0.481.